The van der Waals surface area contributed by atoms with E-state index in [4.69, 9.17) is 4.74 Å². The second kappa shape index (κ2) is 7.72. The van der Waals surface area contributed by atoms with Gasteiger partial charge in [0.15, 0.2) is 0 Å². The topological polar surface area (TPSA) is 80.6 Å². The van der Waals surface area contributed by atoms with Gasteiger partial charge in [-0.3, -0.25) is 14.4 Å². The first-order chi connectivity index (χ1) is 13.2. The zero-order valence-corrected chi connectivity index (χ0v) is 16.9. The van der Waals surface area contributed by atoms with Gasteiger partial charge < -0.3 is 19.5 Å². The van der Waals surface area contributed by atoms with Crippen LogP contribution in [0.15, 0.2) is 29.2 Å². The van der Waals surface area contributed by atoms with Crippen LogP contribution in [-0.2, 0) is 16.6 Å². The SMILES string of the molecule is COc1cc(F)c([C@H]2CC(=O)N(c3cc(NC(C)=O)cn(C)c3=O)C2)c(P)c1. The number of pyridine rings is 1. The van der Waals surface area contributed by atoms with Crippen LogP contribution in [0.25, 0.3) is 0 Å². The fourth-order valence-corrected chi connectivity index (χ4v) is 3.99. The van der Waals surface area contributed by atoms with E-state index in [1.165, 1.54) is 41.8 Å². The summed E-state index contributed by atoms with van der Waals surface area (Å²) in [5.74, 6) is -1.03. The van der Waals surface area contributed by atoms with E-state index < -0.39 is 11.7 Å². The Kier molecular flexibility index (Phi) is 5.52. The van der Waals surface area contributed by atoms with E-state index in [0.29, 0.717) is 22.3 Å². The largest absolute Gasteiger partial charge is 0.497 e. The highest BCUT2D eigenvalue weighted by Crippen LogP contribution is 2.33. The highest BCUT2D eigenvalue weighted by atomic mass is 31.0. The van der Waals surface area contributed by atoms with Crippen molar-refractivity contribution in [3.63, 3.8) is 0 Å². The molecule has 2 aromatic rings. The van der Waals surface area contributed by atoms with Crippen LogP contribution >= 0.6 is 9.24 Å². The molecule has 1 aliphatic heterocycles. The van der Waals surface area contributed by atoms with Crippen LogP contribution in [0.1, 0.15) is 24.8 Å². The zero-order valence-electron chi connectivity index (χ0n) is 15.8. The van der Waals surface area contributed by atoms with Gasteiger partial charge in [-0.25, -0.2) is 4.39 Å². The fourth-order valence-electron chi connectivity index (χ4n) is 3.45. The Hall–Kier alpha value is -2.73. The molecule has 3 rings (SSSR count). The van der Waals surface area contributed by atoms with E-state index in [1.807, 2.05) is 0 Å². The van der Waals surface area contributed by atoms with Gasteiger partial charge in [0.25, 0.3) is 5.56 Å². The maximum atomic E-state index is 14.6. The Morgan fingerprint density at radius 1 is 1.32 bits per heavy atom. The second-order valence-corrected chi connectivity index (χ2v) is 7.35. The lowest BCUT2D eigenvalue weighted by Gasteiger charge is -2.19. The summed E-state index contributed by atoms with van der Waals surface area (Å²) in [5, 5.41) is 3.22. The van der Waals surface area contributed by atoms with Crippen molar-refractivity contribution >= 4 is 37.7 Å². The number of hydrogen-bond donors (Lipinski definition) is 1. The Morgan fingerprint density at radius 3 is 2.64 bits per heavy atom. The predicted octanol–water partition coefficient (Wildman–Crippen LogP) is 1.51. The molecule has 2 heterocycles. The summed E-state index contributed by atoms with van der Waals surface area (Å²) in [6, 6.07) is 4.44. The molecular weight excluding hydrogens is 384 g/mol. The molecule has 1 fully saturated rings. The normalized spacial score (nSPS) is 16.4. The molecule has 1 aliphatic rings. The Morgan fingerprint density at radius 2 is 2.04 bits per heavy atom. The minimum Gasteiger partial charge on any atom is -0.497 e. The maximum absolute atomic E-state index is 14.6. The third kappa shape index (κ3) is 3.78. The third-order valence-electron chi connectivity index (χ3n) is 4.68. The lowest BCUT2D eigenvalue weighted by Crippen LogP contribution is -2.33. The van der Waals surface area contributed by atoms with Gasteiger partial charge >= 0.3 is 0 Å². The molecule has 0 spiro atoms. The molecule has 7 nitrogen and oxygen atoms in total. The number of halogens is 1. The minimum absolute atomic E-state index is 0.0815. The number of carbonyl (C=O) groups excluding carboxylic acids is 2. The van der Waals surface area contributed by atoms with Crippen molar-refractivity contribution < 1.29 is 18.7 Å². The van der Waals surface area contributed by atoms with E-state index in [1.54, 1.807) is 13.1 Å². The van der Waals surface area contributed by atoms with Crippen LogP contribution in [0, 0.1) is 5.82 Å². The average molecular weight is 405 g/mol. The summed E-state index contributed by atoms with van der Waals surface area (Å²) in [6.07, 6.45) is 1.56. The van der Waals surface area contributed by atoms with E-state index in [-0.39, 0.29) is 36.0 Å². The van der Waals surface area contributed by atoms with Gasteiger partial charge in [-0.15, -0.1) is 9.24 Å². The number of nitrogens with zero attached hydrogens (tertiary/aromatic N) is 2. The first kappa shape index (κ1) is 20.0. The van der Waals surface area contributed by atoms with Crippen molar-refractivity contribution in [1.29, 1.82) is 0 Å². The van der Waals surface area contributed by atoms with Crippen LogP contribution in [0.4, 0.5) is 15.8 Å². The van der Waals surface area contributed by atoms with Crippen LogP contribution in [0.2, 0.25) is 0 Å². The van der Waals surface area contributed by atoms with Crippen LogP contribution in [-0.4, -0.2) is 30.0 Å². The lowest BCUT2D eigenvalue weighted by molar-refractivity contribution is -0.117. The van der Waals surface area contributed by atoms with Gasteiger partial charge in [-0.1, -0.05) is 0 Å². The molecular formula is C19H21FN3O4P. The first-order valence-corrected chi connectivity index (χ1v) is 9.20. The van der Waals surface area contributed by atoms with Gasteiger partial charge in [0.1, 0.15) is 17.3 Å². The minimum atomic E-state index is -0.455. The number of benzene rings is 1. The average Bonchev–Trinajstić information content (AvgIpc) is 2.97. The van der Waals surface area contributed by atoms with Gasteiger partial charge in [0.2, 0.25) is 11.8 Å². The molecule has 0 bridgehead atoms. The summed E-state index contributed by atoms with van der Waals surface area (Å²) in [6.45, 7) is 1.52. The number of methoxy groups -OCH3 is 1. The number of hydrogen-bond acceptors (Lipinski definition) is 4. The van der Waals surface area contributed by atoms with Gasteiger partial charge in [-0.05, 0) is 17.4 Å². The molecule has 1 N–H and O–H groups in total. The number of anilines is 2. The van der Waals surface area contributed by atoms with E-state index >= 15 is 0 Å². The monoisotopic (exact) mass is 405 g/mol. The number of aromatic nitrogens is 1. The van der Waals surface area contributed by atoms with E-state index in [2.05, 4.69) is 14.6 Å². The van der Waals surface area contributed by atoms with Crippen LogP contribution in [0.5, 0.6) is 5.75 Å². The van der Waals surface area contributed by atoms with Crippen LogP contribution < -0.4 is 25.8 Å². The molecule has 1 saturated heterocycles. The summed E-state index contributed by atoms with van der Waals surface area (Å²) in [5.41, 5.74) is 0.601. The standard InChI is InChI=1S/C19H21FN3O4P/c1-10(24)21-12-5-15(19(26)22(2)9-12)23-8-11(4-17(23)25)18-14(20)6-13(27-3)7-16(18)28/h5-7,9,11H,4,8,28H2,1-3H3,(H,21,24)/t11-/m0/s1. The number of aryl methyl sites for hydroxylation is 1. The molecule has 2 atom stereocenters. The molecule has 0 aliphatic carbocycles. The molecule has 1 aromatic carbocycles. The number of ether oxygens (including phenoxy) is 1. The van der Waals surface area contributed by atoms with Gasteiger partial charge in [-0.2, -0.15) is 0 Å². The highest BCUT2D eigenvalue weighted by Gasteiger charge is 2.35. The molecule has 1 aromatic heterocycles. The van der Waals surface area contributed by atoms with E-state index in [0.717, 1.165) is 0 Å². The predicted molar refractivity (Wildman–Crippen MR) is 108 cm³/mol. The molecule has 0 radical (unpaired) electrons. The lowest BCUT2D eigenvalue weighted by atomic mass is 9.97. The van der Waals surface area contributed by atoms with Crippen molar-refractivity contribution in [3.8, 4) is 5.75 Å². The number of amides is 2. The Bertz CT molecular complexity index is 998. The molecule has 0 saturated carbocycles. The van der Waals surface area contributed by atoms with Crippen LogP contribution in [0.3, 0.4) is 0 Å². The third-order valence-corrected chi connectivity index (χ3v) is 5.16. The molecule has 2 amide bonds. The molecule has 148 valence electrons. The van der Waals surface area contributed by atoms with Gasteiger partial charge in [0.05, 0.1) is 12.8 Å². The van der Waals surface area contributed by atoms with Crippen molar-refractivity contribution in [2.75, 3.05) is 23.9 Å². The smallest absolute Gasteiger partial charge is 0.274 e. The Balaban J connectivity index is 1.97. The Labute approximate surface area is 163 Å². The van der Waals surface area contributed by atoms with Crippen molar-refractivity contribution in [1.82, 2.24) is 4.57 Å². The van der Waals surface area contributed by atoms with E-state index in [9.17, 15) is 18.8 Å². The molecule has 28 heavy (non-hydrogen) atoms. The summed E-state index contributed by atoms with van der Waals surface area (Å²) < 4.78 is 21.0. The number of carbonyl (C=O) groups is 2. The number of nitrogens with one attached hydrogen (secondary N) is 1. The van der Waals surface area contributed by atoms with Crippen molar-refractivity contribution in [2.45, 2.75) is 19.3 Å². The highest BCUT2D eigenvalue weighted by molar-refractivity contribution is 7.27. The first-order valence-electron chi connectivity index (χ1n) is 8.62. The zero-order chi connectivity index (χ0) is 20.6. The molecule has 9 heteroatoms. The quantitative estimate of drug-likeness (QED) is 0.782. The van der Waals surface area contributed by atoms with Crippen molar-refractivity contribution in [2.24, 2.45) is 7.05 Å². The van der Waals surface area contributed by atoms with Gasteiger partial charge in [0, 0.05) is 50.7 Å². The summed E-state index contributed by atoms with van der Waals surface area (Å²) >= 11 is 0. The number of rotatable bonds is 4. The fraction of sp³-hybridized carbons (Fsp3) is 0.316. The summed E-state index contributed by atoms with van der Waals surface area (Å²) in [4.78, 5) is 37.9. The van der Waals surface area contributed by atoms with Crippen molar-refractivity contribution in [3.05, 3.63) is 46.1 Å². The summed E-state index contributed by atoms with van der Waals surface area (Å²) in [7, 11) is 5.47. The maximum Gasteiger partial charge on any atom is 0.274 e. The molecule has 1 unspecified atom stereocenters. The second-order valence-electron chi connectivity index (χ2n) is 6.73.